The van der Waals surface area contributed by atoms with Gasteiger partial charge in [-0.15, -0.1) is 0 Å². The number of sulfonamides is 1. The van der Waals surface area contributed by atoms with E-state index in [-0.39, 0.29) is 16.9 Å². The molecule has 0 atom stereocenters. The lowest BCUT2D eigenvalue weighted by Gasteiger charge is -2.19. The molecule has 0 aliphatic rings. The highest BCUT2D eigenvalue weighted by atomic mass is 32.2. The summed E-state index contributed by atoms with van der Waals surface area (Å²) in [5.74, 6) is 0. The van der Waals surface area contributed by atoms with Crippen LogP contribution >= 0.6 is 0 Å². The van der Waals surface area contributed by atoms with Gasteiger partial charge < -0.3 is 5.11 Å². The molecule has 4 nitrogen and oxygen atoms in total. The summed E-state index contributed by atoms with van der Waals surface area (Å²) in [5, 5.41) is 9.40. The maximum Gasteiger partial charge on any atom is 0.261 e. The molecule has 0 saturated heterocycles. The third kappa shape index (κ3) is 4.12. The van der Waals surface area contributed by atoms with Crippen LogP contribution in [0.1, 0.15) is 37.5 Å². The average molecular weight is 333 g/mol. The van der Waals surface area contributed by atoms with E-state index in [1.54, 1.807) is 30.3 Å². The Hall–Kier alpha value is -1.85. The van der Waals surface area contributed by atoms with Crippen molar-refractivity contribution in [1.82, 2.24) is 0 Å². The van der Waals surface area contributed by atoms with Crippen LogP contribution in [0.2, 0.25) is 0 Å². The Bertz CT molecular complexity index is 788. The van der Waals surface area contributed by atoms with Crippen LogP contribution in [0.15, 0.2) is 47.4 Å². The second-order valence-electron chi connectivity index (χ2n) is 6.70. The van der Waals surface area contributed by atoms with Gasteiger partial charge in [0.15, 0.2) is 0 Å². The largest absolute Gasteiger partial charge is 0.392 e. The zero-order valence-electron chi connectivity index (χ0n) is 13.9. The van der Waals surface area contributed by atoms with Gasteiger partial charge in [0, 0.05) is 5.56 Å². The molecule has 2 N–H and O–H groups in total. The molecular weight excluding hydrogens is 310 g/mol. The molecule has 23 heavy (non-hydrogen) atoms. The molecule has 2 aromatic rings. The van der Waals surface area contributed by atoms with E-state index in [1.165, 1.54) is 0 Å². The third-order valence-electron chi connectivity index (χ3n) is 3.71. The number of aryl methyl sites for hydroxylation is 1. The second kappa shape index (κ2) is 6.34. The summed E-state index contributed by atoms with van der Waals surface area (Å²) in [5.41, 5.74) is 2.96. The Morgan fingerprint density at radius 1 is 1.04 bits per heavy atom. The van der Waals surface area contributed by atoms with Crippen molar-refractivity contribution < 1.29 is 13.5 Å². The minimum Gasteiger partial charge on any atom is -0.392 e. The number of aliphatic hydroxyl groups is 1. The van der Waals surface area contributed by atoms with Gasteiger partial charge in [0.25, 0.3) is 10.0 Å². The first-order chi connectivity index (χ1) is 10.6. The van der Waals surface area contributed by atoms with Gasteiger partial charge in [0.2, 0.25) is 0 Å². The number of anilines is 1. The number of rotatable bonds is 4. The lowest BCUT2D eigenvalue weighted by molar-refractivity contribution is 0.282. The highest BCUT2D eigenvalue weighted by Gasteiger charge is 2.18. The van der Waals surface area contributed by atoms with E-state index in [0.717, 1.165) is 11.1 Å². The molecular formula is C18H23NO3S. The van der Waals surface area contributed by atoms with Crippen LogP contribution in [0.5, 0.6) is 0 Å². The van der Waals surface area contributed by atoms with Crippen molar-refractivity contribution in [3.8, 4) is 0 Å². The molecule has 2 aromatic carbocycles. The number of aliphatic hydroxyl groups excluding tert-OH is 1. The molecule has 0 aliphatic carbocycles. The maximum absolute atomic E-state index is 12.5. The minimum atomic E-state index is -3.68. The van der Waals surface area contributed by atoms with E-state index in [2.05, 4.69) is 25.5 Å². The molecule has 0 fully saturated rings. The summed E-state index contributed by atoms with van der Waals surface area (Å²) in [6.07, 6.45) is 0. The number of nitrogens with one attached hydrogen (secondary N) is 1. The number of hydrogen-bond donors (Lipinski definition) is 2. The predicted octanol–water partition coefficient (Wildman–Crippen LogP) is 3.59. The summed E-state index contributed by atoms with van der Waals surface area (Å²) >= 11 is 0. The number of benzene rings is 2. The third-order valence-corrected chi connectivity index (χ3v) is 5.09. The van der Waals surface area contributed by atoms with E-state index in [1.807, 2.05) is 19.1 Å². The van der Waals surface area contributed by atoms with Crippen LogP contribution in [-0.2, 0) is 22.0 Å². The molecule has 0 saturated carbocycles. The van der Waals surface area contributed by atoms with Crippen molar-refractivity contribution in [2.24, 2.45) is 0 Å². The molecule has 0 aromatic heterocycles. The van der Waals surface area contributed by atoms with E-state index >= 15 is 0 Å². The molecule has 124 valence electrons. The normalized spacial score (nSPS) is 12.2. The maximum atomic E-state index is 12.5. The molecule has 5 heteroatoms. The van der Waals surface area contributed by atoms with Gasteiger partial charge in [-0.25, -0.2) is 8.42 Å². The van der Waals surface area contributed by atoms with E-state index in [0.29, 0.717) is 11.3 Å². The van der Waals surface area contributed by atoms with E-state index in [4.69, 9.17) is 0 Å². The lowest BCUT2D eigenvalue weighted by Crippen LogP contribution is -2.15. The highest BCUT2D eigenvalue weighted by molar-refractivity contribution is 7.92. The standard InChI is InChI=1S/C18H23NO3S/c1-13-5-10-17(14(11-13)12-20)19-23(21,22)16-8-6-15(7-9-16)18(2,3)4/h5-11,19-20H,12H2,1-4H3. The first kappa shape index (κ1) is 17.5. The molecule has 2 rings (SSSR count). The zero-order chi connectivity index (χ0) is 17.3. The fraction of sp³-hybridized carbons (Fsp3) is 0.333. The van der Waals surface area contributed by atoms with Gasteiger partial charge in [-0.3, -0.25) is 4.72 Å². The van der Waals surface area contributed by atoms with Gasteiger partial charge in [-0.1, -0.05) is 50.6 Å². The van der Waals surface area contributed by atoms with Gasteiger partial charge in [0.05, 0.1) is 17.2 Å². The first-order valence-electron chi connectivity index (χ1n) is 7.47. The molecule has 0 amide bonds. The van der Waals surface area contributed by atoms with Crippen LogP contribution in [0, 0.1) is 6.92 Å². The van der Waals surface area contributed by atoms with Crippen molar-refractivity contribution in [3.05, 3.63) is 59.2 Å². The molecule has 0 heterocycles. The first-order valence-corrected chi connectivity index (χ1v) is 8.95. The average Bonchev–Trinajstić information content (AvgIpc) is 2.48. The van der Waals surface area contributed by atoms with Crippen molar-refractivity contribution in [1.29, 1.82) is 0 Å². The van der Waals surface area contributed by atoms with Crippen LogP contribution in [0.4, 0.5) is 5.69 Å². The summed E-state index contributed by atoms with van der Waals surface area (Å²) in [6.45, 7) is 7.91. The quantitative estimate of drug-likeness (QED) is 0.898. The van der Waals surface area contributed by atoms with Crippen molar-refractivity contribution in [2.75, 3.05) is 4.72 Å². The fourth-order valence-corrected chi connectivity index (χ4v) is 3.39. The molecule has 0 radical (unpaired) electrons. The Morgan fingerprint density at radius 3 is 2.17 bits per heavy atom. The Morgan fingerprint density at radius 2 is 1.65 bits per heavy atom. The summed E-state index contributed by atoms with van der Waals surface area (Å²) in [6, 6.07) is 12.1. The SMILES string of the molecule is Cc1ccc(NS(=O)(=O)c2ccc(C(C)(C)C)cc2)c(CO)c1. The van der Waals surface area contributed by atoms with E-state index < -0.39 is 10.0 Å². The molecule has 0 unspecified atom stereocenters. The summed E-state index contributed by atoms with van der Waals surface area (Å²) < 4.78 is 27.6. The fourth-order valence-electron chi connectivity index (χ4n) is 2.29. The van der Waals surface area contributed by atoms with Crippen LogP contribution < -0.4 is 4.72 Å². The van der Waals surface area contributed by atoms with Crippen LogP contribution in [0.25, 0.3) is 0 Å². The zero-order valence-corrected chi connectivity index (χ0v) is 14.7. The highest BCUT2D eigenvalue weighted by Crippen LogP contribution is 2.25. The Kier molecular flexibility index (Phi) is 4.82. The van der Waals surface area contributed by atoms with Gasteiger partial charge in [-0.05, 0) is 36.1 Å². The Balaban J connectivity index is 2.32. The van der Waals surface area contributed by atoms with E-state index in [9.17, 15) is 13.5 Å². The lowest BCUT2D eigenvalue weighted by atomic mass is 9.87. The summed E-state index contributed by atoms with van der Waals surface area (Å²) in [4.78, 5) is 0.204. The van der Waals surface area contributed by atoms with Gasteiger partial charge in [0.1, 0.15) is 0 Å². The second-order valence-corrected chi connectivity index (χ2v) is 8.38. The molecule has 0 bridgehead atoms. The van der Waals surface area contributed by atoms with Crippen molar-refractivity contribution in [3.63, 3.8) is 0 Å². The van der Waals surface area contributed by atoms with Gasteiger partial charge in [-0.2, -0.15) is 0 Å². The van der Waals surface area contributed by atoms with Gasteiger partial charge >= 0.3 is 0 Å². The molecule has 0 spiro atoms. The van der Waals surface area contributed by atoms with Crippen molar-refractivity contribution >= 4 is 15.7 Å². The van der Waals surface area contributed by atoms with Crippen LogP contribution in [-0.4, -0.2) is 13.5 Å². The summed E-state index contributed by atoms with van der Waals surface area (Å²) in [7, 11) is -3.68. The predicted molar refractivity (Wildman–Crippen MR) is 93.1 cm³/mol. The smallest absolute Gasteiger partial charge is 0.261 e. The Labute approximate surface area is 138 Å². The molecule has 0 aliphatic heterocycles. The monoisotopic (exact) mass is 333 g/mol. The number of hydrogen-bond acceptors (Lipinski definition) is 3. The topological polar surface area (TPSA) is 66.4 Å². The minimum absolute atomic E-state index is 0.0310. The van der Waals surface area contributed by atoms with Crippen LogP contribution in [0.3, 0.4) is 0 Å². The van der Waals surface area contributed by atoms with Crippen molar-refractivity contribution in [2.45, 2.75) is 44.6 Å².